The third kappa shape index (κ3) is 7.00. The van der Waals surface area contributed by atoms with E-state index in [4.69, 9.17) is 14.6 Å². The predicted octanol–water partition coefficient (Wildman–Crippen LogP) is 0.0956. The van der Waals surface area contributed by atoms with Gasteiger partial charge in [-0.15, -0.1) is 0 Å². The highest BCUT2D eigenvalue weighted by molar-refractivity contribution is 5.93. The Labute approximate surface area is 178 Å². The van der Waals surface area contributed by atoms with Crippen LogP contribution in [0.3, 0.4) is 0 Å². The van der Waals surface area contributed by atoms with E-state index >= 15 is 0 Å². The number of carboxylic acid groups (broad SMARTS) is 1. The van der Waals surface area contributed by atoms with Crippen molar-refractivity contribution in [2.45, 2.75) is 38.0 Å². The monoisotopic (exact) mass is 431 g/mol. The molecule has 1 aliphatic carbocycles. The summed E-state index contributed by atoms with van der Waals surface area (Å²) < 4.78 is 5.47. The summed E-state index contributed by atoms with van der Waals surface area (Å²) in [7, 11) is 1.57. The minimum absolute atomic E-state index is 0.0650. The number of ether oxygens (including phenoxy) is 1. The van der Waals surface area contributed by atoms with Crippen LogP contribution >= 0.6 is 0 Å². The van der Waals surface area contributed by atoms with Crippen molar-refractivity contribution in [3.8, 4) is 0 Å². The SMILES string of the molecule is CO[C@@H]1CC[C@H](C(=O)NCc2ccncc2)C[C@H]1NC(=O)c1cnc[nH]c1=O.O=CO. The Morgan fingerprint density at radius 2 is 2.00 bits per heavy atom. The summed E-state index contributed by atoms with van der Waals surface area (Å²) in [6, 6.07) is 3.31. The quantitative estimate of drug-likeness (QED) is 0.468. The molecule has 11 nitrogen and oxygen atoms in total. The van der Waals surface area contributed by atoms with Crippen LogP contribution in [0.15, 0.2) is 41.8 Å². The number of H-pyrrole nitrogens is 1. The van der Waals surface area contributed by atoms with Gasteiger partial charge >= 0.3 is 0 Å². The van der Waals surface area contributed by atoms with Crippen LogP contribution in [0.4, 0.5) is 0 Å². The first-order valence-corrected chi connectivity index (χ1v) is 9.61. The van der Waals surface area contributed by atoms with Crippen molar-refractivity contribution in [3.63, 3.8) is 0 Å². The van der Waals surface area contributed by atoms with Gasteiger partial charge < -0.3 is 25.5 Å². The van der Waals surface area contributed by atoms with Gasteiger partial charge in [-0.3, -0.25) is 24.2 Å². The fourth-order valence-electron chi connectivity index (χ4n) is 3.40. The van der Waals surface area contributed by atoms with Crippen LogP contribution in [0.1, 0.15) is 35.2 Å². The number of nitrogens with one attached hydrogen (secondary N) is 3. The van der Waals surface area contributed by atoms with Gasteiger partial charge in [0.25, 0.3) is 17.9 Å². The maximum absolute atomic E-state index is 12.6. The average Bonchev–Trinajstić information content (AvgIpc) is 2.79. The van der Waals surface area contributed by atoms with Crippen LogP contribution in [-0.2, 0) is 20.9 Å². The zero-order chi connectivity index (χ0) is 22.6. The van der Waals surface area contributed by atoms with E-state index in [9.17, 15) is 14.4 Å². The first kappa shape index (κ1) is 23.7. The number of carbonyl (C=O) groups is 3. The van der Waals surface area contributed by atoms with Gasteiger partial charge in [0.05, 0.1) is 18.5 Å². The first-order chi connectivity index (χ1) is 15.0. The molecule has 1 saturated carbocycles. The molecule has 4 N–H and O–H groups in total. The second kappa shape index (κ2) is 12.2. The largest absolute Gasteiger partial charge is 0.483 e. The lowest BCUT2D eigenvalue weighted by atomic mass is 9.83. The van der Waals surface area contributed by atoms with Crippen molar-refractivity contribution in [1.29, 1.82) is 0 Å². The molecule has 31 heavy (non-hydrogen) atoms. The Morgan fingerprint density at radius 3 is 2.65 bits per heavy atom. The van der Waals surface area contributed by atoms with Gasteiger partial charge in [-0.05, 0) is 37.0 Å². The molecule has 2 amide bonds. The zero-order valence-electron chi connectivity index (χ0n) is 17.0. The fourth-order valence-corrected chi connectivity index (χ4v) is 3.40. The molecule has 1 fully saturated rings. The molecule has 0 spiro atoms. The summed E-state index contributed by atoms with van der Waals surface area (Å²) in [5, 5.41) is 12.6. The number of nitrogens with zero attached hydrogens (tertiary/aromatic N) is 2. The lowest BCUT2D eigenvalue weighted by Gasteiger charge is -2.35. The van der Waals surface area contributed by atoms with E-state index in [1.165, 1.54) is 12.5 Å². The van der Waals surface area contributed by atoms with Gasteiger partial charge in [0, 0.05) is 38.2 Å². The van der Waals surface area contributed by atoms with Crippen molar-refractivity contribution in [2.24, 2.45) is 5.92 Å². The number of pyridine rings is 1. The highest BCUT2D eigenvalue weighted by Crippen LogP contribution is 2.27. The Bertz CT molecular complexity index is 920. The van der Waals surface area contributed by atoms with E-state index < -0.39 is 11.5 Å². The smallest absolute Gasteiger partial charge is 0.290 e. The normalized spacial score (nSPS) is 20.0. The minimum atomic E-state index is -0.528. The van der Waals surface area contributed by atoms with E-state index in [1.54, 1.807) is 19.5 Å². The standard InChI is InChI=1S/C19H23N5O4.CH2O2/c1-28-16-3-2-13(17(25)22-9-12-4-6-20-7-5-12)8-15(16)24-19(27)14-10-21-11-23-18(14)26;2-1-3/h4-7,10-11,13,15-16H,2-3,8-9H2,1H3,(H,22,25)(H,24,27)(H,21,23,26);1H,(H,2,3)/t13-,15+,16+;/m0./s1. The number of rotatable bonds is 6. The van der Waals surface area contributed by atoms with Gasteiger partial charge in [-0.2, -0.15) is 0 Å². The molecule has 0 aliphatic heterocycles. The van der Waals surface area contributed by atoms with Gasteiger partial charge in [0.2, 0.25) is 5.91 Å². The molecule has 0 aromatic carbocycles. The van der Waals surface area contributed by atoms with E-state index in [0.717, 1.165) is 5.56 Å². The van der Waals surface area contributed by atoms with Gasteiger partial charge in [-0.25, -0.2) is 4.98 Å². The number of aromatic nitrogens is 3. The van der Waals surface area contributed by atoms with Gasteiger partial charge in [0.1, 0.15) is 5.56 Å². The number of carbonyl (C=O) groups excluding carboxylic acids is 2. The molecule has 0 radical (unpaired) electrons. The van der Waals surface area contributed by atoms with Crippen LogP contribution in [0.25, 0.3) is 0 Å². The van der Waals surface area contributed by atoms with Crippen molar-refractivity contribution in [3.05, 3.63) is 58.5 Å². The molecule has 0 unspecified atom stereocenters. The molecule has 2 aromatic heterocycles. The number of amides is 2. The number of hydrogen-bond acceptors (Lipinski definition) is 7. The number of methoxy groups -OCH3 is 1. The molecule has 0 bridgehead atoms. The first-order valence-electron chi connectivity index (χ1n) is 9.61. The second-order valence-electron chi connectivity index (χ2n) is 6.84. The van der Waals surface area contributed by atoms with Gasteiger partial charge in [0.15, 0.2) is 0 Å². The number of hydrogen-bond donors (Lipinski definition) is 4. The van der Waals surface area contributed by atoms with Crippen LogP contribution < -0.4 is 16.2 Å². The van der Waals surface area contributed by atoms with Crippen molar-refractivity contribution < 1.29 is 24.2 Å². The summed E-state index contributed by atoms with van der Waals surface area (Å²) in [6.07, 6.45) is 7.32. The zero-order valence-corrected chi connectivity index (χ0v) is 17.0. The second-order valence-corrected chi connectivity index (χ2v) is 6.84. The summed E-state index contributed by atoms with van der Waals surface area (Å²) in [4.78, 5) is 55.3. The molecule has 166 valence electrons. The minimum Gasteiger partial charge on any atom is -0.483 e. The van der Waals surface area contributed by atoms with E-state index in [-0.39, 0.29) is 36.0 Å². The summed E-state index contributed by atoms with van der Waals surface area (Å²) in [5.74, 6) is -0.838. The third-order valence-corrected chi connectivity index (χ3v) is 4.96. The lowest BCUT2D eigenvalue weighted by molar-refractivity contribution is -0.127. The highest BCUT2D eigenvalue weighted by atomic mass is 16.5. The molecule has 11 heteroatoms. The fraction of sp³-hybridized carbons (Fsp3) is 0.400. The van der Waals surface area contributed by atoms with E-state index in [0.29, 0.717) is 25.8 Å². The van der Waals surface area contributed by atoms with Crippen LogP contribution in [0.2, 0.25) is 0 Å². The van der Waals surface area contributed by atoms with Crippen LogP contribution in [0.5, 0.6) is 0 Å². The van der Waals surface area contributed by atoms with Gasteiger partial charge in [-0.1, -0.05) is 0 Å². The van der Waals surface area contributed by atoms with Crippen LogP contribution in [0, 0.1) is 5.92 Å². The maximum Gasteiger partial charge on any atom is 0.290 e. The van der Waals surface area contributed by atoms with Crippen molar-refractivity contribution in [2.75, 3.05) is 7.11 Å². The summed E-state index contributed by atoms with van der Waals surface area (Å²) in [5.41, 5.74) is 0.389. The number of aromatic amines is 1. The molecule has 3 atom stereocenters. The predicted molar refractivity (Wildman–Crippen MR) is 109 cm³/mol. The Hall–Kier alpha value is -3.60. The maximum atomic E-state index is 12.6. The Kier molecular flexibility index (Phi) is 9.30. The molecular weight excluding hydrogens is 406 g/mol. The average molecular weight is 431 g/mol. The highest BCUT2D eigenvalue weighted by Gasteiger charge is 2.35. The molecule has 1 aliphatic rings. The lowest BCUT2D eigenvalue weighted by Crippen LogP contribution is -2.50. The van der Waals surface area contributed by atoms with E-state index in [1.807, 2.05) is 12.1 Å². The van der Waals surface area contributed by atoms with Crippen molar-refractivity contribution >= 4 is 18.3 Å². The summed E-state index contributed by atoms with van der Waals surface area (Å²) >= 11 is 0. The van der Waals surface area contributed by atoms with Crippen LogP contribution in [-0.4, -0.2) is 57.6 Å². The molecular formula is C20H25N5O6. The van der Waals surface area contributed by atoms with E-state index in [2.05, 4.69) is 25.6 Å². The third-order valence-electron chi connectivity index (χ3n) is 4.96. The molecule has 0 saturated heterocycles. The topological polar surface area (TPSA) is 163 Å². The molecule has 2 aromatic rings. The molecule has 2 heterocycles. The Balaban J connectivity index is 0.00000107. The van der Waals surface area contributed by atoms with Crippen molar-refractivity contribution in [1.82, 2.24) is 25.6 Å². The Morgan fingerprint density at radius 1 is 1.29 bits per heavy atom. The summed E-state index contributed by atoms with van der Waals surface area (Å²) in [6.45, 7) is 0.174. The molecule has 3 rings (SSSR count).